The number of nitrogens with one attached hydrogen (secondary N) is 1. The highest BCUT2D eigenvalue weighted by molar-refractivity contribution is 6.30. The van der Waals surface area contributed by atoms with Crippen molar-refractivity contribution in [1.82, 2.24) is 5.32 Å². The number of hydrogen-bond donors (Lipinski definition) is 1. The zero-order valence-electron chi connectivity index (χ0n) is 12.2. The highest BCUT2D eigenvalue weighted by atomic mass is 35.5. The third-order valence-electron chi connectivity index (χ3n) is 3.15. The minimum absolute atomic E-state index is 0.719. The van der Waals surface area contributed by atoms with Crippen molar-refractivity contribution >= 4 is 29.8 Å². The van der Waals surface area contributed by atoms with E-state index in [1.165, 1.54) is 0 Å². The monoisotopic (exact) mass is 299 g/mol. The van der Waals surface area contributed by atoms with E-state index in [2.05, 4.69) is 28.1 Å². The average Bonchev–Trinajstić information content (AvgIpc) is 2.52. The molecule has 0 aliphatic rings. The summed E-state index contributed by atoms with van der Waals surface area (Å²) in [5.41, 5.74) is 3.87. The maximum atomic E-state index is 6.07. The Balaban J connectivity index is 2.54. The fourth-order valence-corrected chi connectivity index (χ4v) is 2.36. The van der Waals surface area contributed by atoms with Crippen LogP contribution in [-0.4, -0.2) is 26.1 Å². The first kappa shape index (κ1) is 15.3. The van der Waals surface area contributed by atoms with Gasteiger partial charge in [-0.1, -0.05) is 29.8 Å². The van der Waals surface area contributed by atoms with Crippen molar-refractivity contribution in [1.29, 1.82) is 0 Å². The van der Waals surface area contributed by atoms with Crippen molar-refractivity contribution < 1.29 is 0 Å². The molecule has 21 heavy (non-hydrogen) atoms. The summed E-state index contributed by atoms with van der Waals surface area (Å²) in [7, 11) is 1.76. The van der Waals surface area contributed by atoms with Crippen LogP contribution in [-0.2, 0) is 0 Å². The molecule has 2 aromatic rings. The van der Waals surface area contributed by atoms with Gasteiger partial charge in [0.1, 0.15) is 5.84 Å². The van der Waals surface area contributed by atoms with Gasteiger partial charge in [-0.2, -0.15) is 0 Å². The molecule has 3 nitrogen and oxygen atoms in total. The number of benzene rings is 2. The first-order valence-corrected chi connectivity index (χ1v) is 7.15. The minimum atomic E-state index is 0.719. The van der Waals surface area contributed by atoms with Gasteiger partial charge in [-0.3, -0.25) is 9.98 Å². The summed E-state index contributed by atoms with van der Waals surface area (Å²) in [6, 6.07) is 13.8. The van der Waals surface area contributed by atoms with Gasteiger partial charge in [0, 0.05) is 24.2 Å². The Kier molecular flexibility index (Phi) is 5.12. The van der Waals surface area contributed by atoms with Gasteiger partial charge in [0.2, 0.25) is 0 Å². The van der Waals surface area contributed by atoms with Crippen LogP contribution in [0.1, 0.15) is 12.5 Å². The topological polar surface area (TPSA) is 36.8 Å². The second-order valence-corrected chi connectivity index (χ2v) is 4.94. The van der Waals surface area contributed by atoms with Crippen LogP contribution in [0.25, 0.3) is 11.1 Å². The number of amidine groups is 1. The molecule has 0 saturated carbocycles. The molecule has 0 saturated heterocycles. The zero-order chi connectivity index (χ0) is 15.2. The average molecular weight is 300 g/mol. The van der Waals surface area contributed by atoms with Crippen molar-refractivity contribution in [3.05, 3.63) is 53.1 Å². The van der Waals surface area contributed by atoms with E-state index in [-0.39, 0.29) is 0 Å². The maximum absolute atomic E-state index is 6.07. The van der Waals surface area contributed by atoms with E-state index in [0.29, 0.717) is 0 Å². The van der Waals surface area contributed by atoms with E-state index in [0.717, 1.165) is 39.8 Å². The third-order valence-corrected chi connectivity index (χ3v) is 3.38. The molecule has 0 aliphatic carbocycles. The molecule has 0 spiro atoms. The van der Waals surface area contributed by atoms with E-state index in [1.54, 1.807) is 7.05 Å². The van der Waals surface area contributed by atoms with E-state index in [4.69, 9.17) is 11.6 Å². The molecule has 0 aliphatic heterocycles. The lowest BCUT2D eigenvalue weighted by Crippen LogP contribution is -2.24. The molecule has 0 heterocycles. The normalized spacial score (nSPS) is 11.3. The molecule has 4 heteroatoms. The summed E-state index contributed by atoms with van der Waals surface area (Å²) in [5.74, 6) is 0.809. The molecular weight excluding hydrogens is 282 g/mol. The van der Waals surface area contributed by atoms with Crippen molar-refractivity contribution in [2.24, 2.45) is 9.98 Å². The predicted octanol–water partition coefficient (Wildman–Crippen LogP) is 4.33. The molecule has 0 aromatic heterocycles. The van der Waals surface area contributed by atoms with Crippen molar-refractivity contribution in [3.8, 4) is 11.1 Å². The fraction of sp³-hybridized carbons (Fsp3) is 0.176. The van der Waals surface area contributed by atoms with Gasteiger partial charge in [-0.15, -0.1) is 0 Å². The molecule has 1 N–H and O–H groups in total. The van der Waals surface area contributed by atoms with Crippen LogP contribution in [0.3, 0.4) is 0 Å². The summed E-state index contributed by atoms with van der Waals surface area (Å²) >= 11 is 6.07. The van der Waals surface area contributed by atoms with Crippen LogP contribution < -0.4 is 5.32 Å². The Morgan fingerprint density at radius 1 is 1.19 bits per heavy atom. The van der Waals surface area contributed by atoms with Crippen LogP contribution in [0.4, 0.5) is 5.69 Å². The first-order valence-electron chi connectivity index (χ1n) is 6.77. The van der Waals surface area contributed by atoms with Crippen molar-refractivity contribution in [2.75, 3.05) is 13.6 Å². The van der Waals surface area contributed by atoms with Crippen molar-refractivity contribution in [2.45, 2.75) is 6.92 Å². The molecule has 2 aromatic carbocycles. The predicted molar refractivity (Wildman–Crippen MR) is 92.2 cm³/mol. The standard InChI is InChI=1S/C17H18ClN3/c1-4-21-17(20-3)15-11-13(8-9-16(15)19-2)12-6-5-7-14(18)10-12/h5-11H,2,4H2,1,3H3,(H,20,21). The Morgan fingerprint density at radius 3 is 2.57 bits per heavy atom. The summed E-state index contributed by atoms with van der Waals surface area (Å²) in [6.45, 7) is 6.46. The lowest BCUT2D eigenvalue weighted by atomic mass is 10.0. The largest absolute Gasteiger partial charge is 0.370 e. The zero-order valence-corrected chi connectivity index (χ0v) is 13.0. The molecule has 0 radical (unpaired) electrons. The van der Waals surface area contributed by atoms with E-state index >= 15 is 0 Å². The maximum Gasteiger partial charge on any atom is 0.130 e. The second-order valence-electron chi connectivity index (χ2n) is 4.50. The van der Waals surface area contributed by atoms with Gasteiger partial charge in [0.05, 0.1) is 5.69 Å². The Labute approximate surface area is 130 Å². The molecule has 0 atom stereocenters. The number of rotatable bonds is 4. The van der Waals surface area contributed by atoms with Crippen molar-refractivity contribution in [3.63, 3.8) is 0 Å². The molecule has 0 amide bonds. The number of nitrogens with zero attached hydrogens (tertiary/aromatic N) is 2. The van der Waals surface area contributed by atoms with E-state index < -0.39 is 0 Å². The van der Waals surface area contributed by atoms with Crippen LogP contribution in [0, 0.1) is 0 Å². The van der Waals surface area contributed by atoms with Gasteiger partial charge >= 0.3 is 0 Å². The second kappa shape index (κ2) is 7.04. The van der Waals surface area contributed by atoms with Crippen LogP contribution in [0.15, 0.2) is 52.4 Å². The van der Waals surface area contributed by atoms with Gasteiger partial charge < -0.3 is 5.32 Å². The SMILES string of the molecule is C=Nc1ccc(-c2cccc(Cl)c2)cc1C(=NC)NCC. The molecule has 108 valence electrons. The lowest BCUT2D eigenvalue weighted by molar-refractivity contribution is 0.962. The molecular formula is C17H18ClN3. The smallest absolute Gasteiger partial charge is 0.130 e. The summed E-state index contributed by atoms with van der Waals surface area (Å²) in [5, 5.41) is 3.97. The minimum Gasteiger partial charge on any atom is -0.370 e. The van der Waals surface area contributed by atoms with E-state index in [9.17, 15) is 0 Å². The summed E-state index contributed by atoms with van der Waals surface area (Å²) in [4.78, 5) is 8.38. The van der Waals surface area contributed by atoms with Gasteiger partial charge in [-0.25, -0.2) is 0 Å². The highest BCUT2D eigenvalue weighted by Crippen LogP contribution is 2.28. The quantitative estimate of drug-likeness (QED) is 0.662. The van der Waals surface area contributed by atoms with Crippen LogP contribution in [0.5, 0.6) is 0 Å². The number of aliphatic imine (C=N–C) groups is 2. The van der Waals surface area contributed by atoms with Crippen LogP contribution >= 0.6 is 11.6 Å². The molecule has 0 unspecified atom stereocenters. The van der Waals surface area contributed by atoms with Gasteiger partial charge in [0.15, 0.2) is 0 Å². The Hall–Kier alpha value is -2.13. The molecule has 0 bridgehead atoms. The Bertz CT molecular complexity index is 677. The fourth-order valence-electron chi connectivity index (χ4n) is 2.17. The van der Waals surface area contributed by atoms with Gasteiger partial charge in [-0.05, 0) is 49.0 Å². The highest BCUT2D eigenvalue weighted by Gasteiger charge is 2.10. The summed E-state index contributed by atoms with van der Waals surface area (Å²) < 4.78 is 0. The third kappa shape index (κ3) is 3.50. The number of halogens is 1. The van der Waals surface area contributed by atoms with E-state index in [1.807, 2.05) is 43.3 Å². The van der Waals surface area contributed by atoms with Gasteiger partial charge in [0.25, 0.3) is 0 Å². The molecule has 0 fully saturated rings. The first-order chi connectivity index (χ1) is 10.2. The molecule has 2 rings (SSSR count). The van der Waals surface area contributed by atoms with Crippen LogP contribution in [0.2, 0.25) is 5.02 Å². The number of hydrogen-bond acceptors (Lipinski definition) is 2. The lowest BCUT2D eigenvalue weighted by Gasteiger charge is -2.12. The Morgan fingerprint density at radius 2 is 1.95 bits per heavy atom. The summed E-state index contributed by atoms with van der Waals surface area (Å²) in [6.07, 6.45) is 0.